The van der Waals surface area contributed by atoms with Crippen LogP contribution < -0.4 is 0 Å². The summed E-state index contributed by atoms with van der Waals surface area (Å²) in [5.74, 6) is -0.713. The van der Waals surface area contributed by atoms with Crippen molar-refractivity contribution in [1.29, 1.82) is 0 Å². The van der Waals surface area contributed by atoms with Gasteiger partial charge in [-0.15, -0.1) is 0 Å². The topological polar surface area (TPSA) is 52.6 Å². The van der Waals surface area contributed by atoms with Crippen LogP contribution in [0.2, 0.25) is 0 Å². The van der Waals surface area contributed by atoms with Crippen LogP contribution in [0.5, 0.6) is 0 Å². The monoisotopic (exact) mass is 566 g/mol. The summed E-state index contributed by atoms with van der Waals surface area (Å²) in [5, 5.41) is 0. The molecule has 0 radical (unpaired) electrons. The fourth-order valence-corrected chi connectivity index (χ4v) is 4.02. The molecule has 4 heteroatoms. The van der Waals surface area contributed by atoms with Crippen molar-refractivity contribution in [2.45, 2.75) is 66.2 Å². The van der Waals surface area contributed by atoms with Gasteiger partial charge in [-0.1, -0.05) is 95.6 Å². The van der Waals surface area contributed by atoms with E-state index < -0.39 is 0 Å². The maximum absolute atomic E-state index is 12.3. The molecule has 0 aliphatic carbocycles. The van der Waals surface area contributed by atoms with Crippen molar-refractivity contribution in [3.63, 3.8) is 0 Å². The van der Waals surface area contributed by atoms with Crippen molar-refractivity contribution < 1.29 is 19.1 Å². The number of allylic oxidation sites excluding steroid dienone is 6. The van der Waals surface area contributed by atoms with Crippen molar-refractivity contribution in [1.82, 2.24) is 0 Å². The molecule has 0 N–H and O–H groups in total. The van der Waals surface area contributed by atoms with Crippen LogP contribution >= 0.6 is 0 Å². The molecule has 0 aromatic heterocycles. The second-order valence-corrected chi connectivity index (χ2v) is 10.6. The van der Waals surface area contributed by atoms with E-state index in [1.807, 2.05) is 73.7 Å². The van der Waals surface area contributed by atoms with E-state index in [1.54, 1.807) is 12.2 Å². The molecule has 2 rings (SSSR count). The Morgan fingerprint density at radius 1 is 0.595 bits per heavy atom. The van der Waals surface area contributed by atoms with Gasteiger partial charge in [-0.05, 0) is 101 Å². The normalized spacial score (nSPS) is 12.5. The Kier molecular flexibility index (Phi) is 16.7. The summed E-state index contributed by atoms with van der Waals surface area (Å²) < 4.78 is 10.9. The van der Waals surface area contributed by atoms with E-state index in [1.165, 1.54) is 23.3 Å². The van der Waals surface area contributed by atoms with Gasteiger partial charge in [-0.25, -0.2) is 9.59 Å². The molecular formula is C38H46O4. The third-order valence-corrected chi connectivity index (χ3v) is 6.50. The van der Waals surface area contributed by atoms with E-state index in [2.05, 4.69) is 39.0 Å². The summed E-state index contributed by atoms with van der Waals surface area (Å²) in [4.78, 5) is 24.3. The molecule has 0 unspecified atom stereocenters. The summed E-state index contributed by atoms with van der Waals surface area (Å²) in [6, 6.07) is 19.4. The molecule has 0 aliphatic rings. The van der Waals surface area contributed by atoms with E-state index in [9.17, 15) is 9.59 Å². The number of carbonyl (C=O) groups excluding carboxylic acids is 2. The average molecular weight is 567 g/mol. The Bertz CT molecular complexity index is 1270. The minimum absolute atomic E-state index is 0.239. The number of carbonyl (C=O) groups is 2. The zero-order valence-corrected chi connectivity index (χ0v) is 25.7. The predicted molar refractivity (Wildman–Crippen MR) is 176 cm³/mol. The number of hydrogen-bond acceptors (Lipinski definition) is 4. The standard InChI is InChI=1S/C38H46O4/c1-31(2)14-11-15-32(3)16-12-22-36(30-42-38(40)27-25-35-20-9-6-10-21-35)23-13-17-33(4)28-29-41-37(39)26-24-34-18-7-5-8-19-34/h5-10,14,16,18-21,23-28H,11-13,15,17,22,29-30H2,1-4H3/b26-24+,27-25+,32-16?,33-28?,36-23?. The van der Waals surface area contributed by atoms with Crippen molar-refractivity contribution in [2.24, 2.45) is 0 Å². The Hall–Kier alpha value is -4.18. The molecule has 0 saturated carbocycles. The molecule has 4 nitrogen and oxygen atoms in total. The lowest BCUT2D eigenvalue weighted by Gasteiger charge is -2.08. The van der Waals surface area contributed by atoms with Gasteiger partial charge in [-0.3, -0.25) is 0 Å². The predicted octanol–water partition coefficient (Wildman–Crippen LogP) is 9.63. The number of benzene rings is 2. The highest BCUT2D eigenvalue weighted by molar-refractivity contribution is 5.87. The van der Waals surface area contributed by atoms with Gasteiger partial charge in [0.15, 0.2) is 0 Å². The lowest BCUT2D eigenvalue weighted by molar-refractivity contribution is -0.137. The number of esters is 2. The molecule has 2 aromatic carbocycles. The lowest BCUT2D eigenvalue weighted by atomic mass is 10.0. The molecular weight excluding hydrogens is 520 g/mol. The molecule has 42 heavy (non-hydrogen) atoms. The molecule has 0 amide bonds. The van der Waals surface area contributed by atoms with E-state index in [0.717, 1.165) is 60.8 Å². The molecule has 0 atom stereocenters. The maximum Gasteiger partial charge on any atom is 0.331 e. The van der Waals surface area contributed by atoms with Crippen molar-refractivity contribution in [3.8, 4) is 0 Å². The molecule has 0 saturated heterocycles. The molecule has 0 aliphatic heterocycles. The van der Waals surface area contributed by atoms with E-state index in [-0.39, 0.29) is 25.2 Å². The minimum Gasteiger partial charge on any atom is -0.458 e. The van der Waals surface area contributed by atoms with Crippen molar-refractivity contribution in [2.75, 3.05) is 13.2 Å². The quantitative estimate of drug-likeness (QED) is 0.109. The molecule has 0 heterocycles. The van der Waals surface area contributed by atoms with Crippen LogP contribution in [0.15, 0.2) is 119 Å². The van der Waals surface area contributed by atoms with Gasteiger partial charge in [0.25, 0.3) is 0 Å². The lowest BCUT2D eigenvalue weighted by Crippen LogP contribution is -2.05. The van der Waals surface area contributed by atoms with Gasteiger partial charge in [0.05, 0.1) is 0 Å². The highest BCUT2D eigenvalue weighted by Crippen LogP contribution is 2.15. The Morgan fingerprint density at radius 3 is 1.67 bits per heavy atom. The number of ether oxygens (including phenoxy) is 2. The third kappa shape index (κ3) is 16.8. The summed E-state index contributed by atoms with van der Waals surface area (Å²) in [6.45, 7) is 8.98. The zero-order chi connectivity index (χ0) is 30.4. The van der Waals surface area contributed by atoms with Crippen molar-refractivity contribution >= 4 is 24.1 Å². The Balaban J connectivity index is 1.87. The number of rotatable bonds is 17. The highest BCUT2D eigenvalue weighted by atomic mass is 16.5. The largest absolute Gasteiger partial charge is 0.458 e. The summed E-state index contributed by atoms with van der Waals surface area (Å²) >= 11 is 0. The van der Waals surface area contributed by atoms with Crippen LogP contribution in [0.4, 0.5) is 0 Å². The first-order valence-electron chi connectivity index (χ1n) is 14.7. The summed E-state index contributed by atoms with van der Waals surface area (Å²) in [6.07, 6.45) is 20.6. The van der Waals surface area contributed by atoms with Crippen LogP contribution in [-0.4, -0.2) is 25.2 Å². The SMILES string of the molecule is CC(C)=CCCC(C)=CCCC(=CCCC(C)=CCOC(=O)/C=C/c1ccccc1)COC(=O)/C=C/c1ccccc1. The molecule has 0 fully saturated rings. The highest BCUT2D eigenvalue weighted by Gasteiger charge is 2.03. The zero-order valence-electron chi connectivity index (χ0n) is 25.7. The van der Waals surface area contributed by atoms with Gasteiger partial charge in [0.1, 0.15) is 13.2 Å². The molecule has 0 spiro atoms. The van der Waals surface area contributed by atoms with Gasteiger partial charge in [-0.2, -0.15) is 0 Å². The summed E-state index contributed by atoms with van der Waals surface area (Å²) in [7, 11) is 0. The fourth-order valence-electron chi connectivity index (χ4n) is 4.02. The van der Waals surface area contributed by atoms with Crippen molar-refractivity contribution in [3.05, 3.63) is 131 Å². The van der Waals surface area contributed by atoms with Crippen LogP contribution in [0.25, 0.3) is 12.2 Å². The van der Waals surface area contributed by atoms with Crippen LogP contribution in [0.3, 0.4) is 0 Å². The number of hydrogen-bond donors (Lipinski definition) is 0. The van der Waals surface area contributed by atoms with E-state index >= 15 is 0 Å². The van der Waals surface area contributed by atoms with Crippen LogP contribution in [0.1, 0.15) is 77.3 Å². The second kappa shape index (κ2) is 20.7. The van der Waals surface area contributed by atoms with E-state index in [0.29, 0.717) is 0 Å². The molecule has 222 valence electrons. The van der Waals surface area contributed by atoms with Gasteiger partial charge >= 0.3 is 11.9 Å². The van der Waals surface area contributed by atoms with Gasteiger partial charge in [0.2, 0.25) is 0 Å². The maximum atomic E-state index is 12.3. The Labute approximate surface area is 252 Å². The third-order valence-electron chi connectivity index (χ3n) is 6.50. The first kappa shape index (κ1) is 34.0. The molecule has 0 bridgehead atoms. The van der Waals surface area contributed by atoms with Crippen LogP contribution in [-0.2, 0) is 19.1 Å². The summed E-state index contributed by atoms with van der Waals surface area (Å²) in [5.41, 5.74) is 6.88. The van der Waals surface area contributed by atoms with E-state index in [4.69, 9.17) is 9.47 Å². The Morgan fingerprint density at radius 2 is 1.10 bits per heavy atom. The minimum atomic E-state index is -0.364. The second-order valence-electron chi connectivity index (χ2n) is 10.6. The smallest absolute Gasteiger partial charge is 0.331 e. The van der Waals surface area contributed by atoms with Crippen LogP contribution in [0, 0.1) is 0 Å². The average Bonchev–Trinajstić information content (AvgIpc) is 2.98. The fraction of sp³-hybridized carbons (Fsp3) is 0.316. The van der Waals surface area contributed by atoms with Gasteiger partial charge < -0.3 is 9.47 Å². The molecule has 2 aromatic rings. The van der Waals surface area contributed by atoms with Gasteiger partial charge in [0, 0.05) is 12.2 Å². The first-order valence-corrected chi connectivity index (χ1v) is 14.7. The first-order chi connectivity index (χ1) is 20.3.